The van der Waals surface area contributed by atoms with E-state index in [0.29, 0.717) is 25.9 Å². The smallest absolute Gasteiger partial charge is 0.307 e. The van der Waals surface area contributed by atoms with Crippen molar-refractivity contribution >= 4 is 16.2 Å². The van der Waals surface area contributed by atoms with E-state index in [-0.39, 0.29) is 12.6 Å². The van der Waals surface area contributed by atoms with Crippen LogP contribution in [0.1, 0.15) is 32.6 Å². The zero-order valence-electron chi connectivity index (χ0n) is 12.5. The molecule has 0 amide bonds. The van der Waals surface area contributed by atoms with E-state index in [0.717, 1.165) is 13.1 Å². The van der Waals surface area contributed by atoms with E-state index in [4.69, 9.17) is 5.11 Å². The average Bonchev–Trinajstić information content (AvgIpc) is 2.91. The molecule has 2 heterocycles. The Morgan fingerprint density at radius 3 is 2.57 bits per heavy atom. The molecule has 8 heteroatoms. The van der Waals surface area contributed by atoms with Gasteiger partial charge in [-0.05, 0) is 45.7 Å². The molecule has 0 radical (unpaired) electrons. The number of rotatable bonds is 6. The van der Waals surface area contributed by atoms with Gasteiger partial charge in [-0.25, -0.2) is 0 Å². The molecule has 2 rings (SSSR count). The Kier molecular flexibility index (Phi) is 5.59. The number of piperidine rings is 1. The van der Waals surface area contributed by atoms with Crippen LogP contribution in [0, 0.1) is 5.92 Å². The molecule has 2 unspecified atom stereocenters. The van der Waals surface area contributed by atoms with Gasteiger partial charge in [-0.15, -0.1) is 0 Å². The Morgan fingerprint density at radius 1 is 1.29 bits per heavy atom. The Morgan fingerprint density at radius 2 is 1.95 bits per heavy atom. The lowest BCUT2D eigenvalue weighted by Gasteiger charge is -2.31. The molecule has 2 atom stereocenters. The lowest BCUT2D eigenvalue weighted by atomic mass is 10.0. The van der Waals surface area contributed by atoms with Crippen LogP contribution >= 0.6 is 0 Å². The van der Waals surface area contributed by atoms with Crippen LogP contribution in [0.25, 0.3) is 0 Å². The molecule has 2 N–H and O–H groups in total. The molecule has 2 aliphatic rings. The number of hydrogen-bond acceptors (Lipinski definition) is 4. The monoisotopic (exact) mass is 319 g/mol. The van der Waals surface area contributed by atoms with Gasteiger partial charge in [-0.3, -0.25) is 4.79 Å². The van der Waals surface area contributed by atoms with Crippen molar-refractivity contribution in [2.45, 2.75) is 38.6 Å². The highest BCUT2D eigenvalue weighted by Crippen LogP contribution is 2.19. The van der Waals surface area contributed by atoms with Gasteiger partial charge in [0.05, 0.1) is 5.92 Å². The largest absolute Gasteiger partial charge is 0.481 e. The van der Waals surface area contributed by atoms with E-state index in [1.54, 1.807) is 0 Å². The number of hydrogen-bond donors (Lipinski definition) is 2. The Bertz CT molecular complexity index is 462. The fraction of sp³-hybridized carbons (Fsp3) is 0.923. The summed E-state index contributed by atoms with van der Waals surface area (Å²) in [6, 6.07) is -0.168. The minimum absolute atomic E-state index is 0.0705. The molecule has 0 aliphatic carbocycles. The molecule has 21 heavy (non-hydrogen) atoms. The van der Waals surface area contributed by atoms with Crippen LogP contribution < -0.4 is 4.72 Å². The number of nitrogens with zero attached hydrogens (tertiary/aromatic N) is 2. The fourth-order valence-corrected chi connectivity index (χ4v) is 4.56. The van der Waals surface area contributed by atoms with Crippen LogP contribution in [0.2, 0.25) is 0 Å². The summed E-state index contributed by atoms with van der Waals surface area (Å²) in [5.41, 5.74) is 0. The Hall–Kier alpha value is -0.700. The average molecular weight is 319 g/mol. The van der Waals surface area contributed by atoms with Crippen LogP contribution in [0.15, 0.2) is 0 Å². The third-order valence-corrected chi connectivity index (χ3v) is 5.87. The lowest BCUT2D eigenvalue weighted by molar-refractivity contribution is -0.142. The van der Waals surface area contributed by atoms with E-state index in [9.17, 15) is 13.2 Å². The van der Waals surface area contributed by atoms with Crippen LogP contribution in [-0.2, 0) is 15.0 Å². The number of carboxylic acids is 1. The minimum atomic E-state index is -3.60. The maximum atomic E-state index is 12.3. The van der Waals surface area contributed by atoms with Crippen molar-refractivity contribution in [1.82, 2.24) is 13.9 Å². The second kappa shape index (κ2) is 7.04. The molecule has 0 bridgehead atoms. The molecule has 0 aromatic carbocycles. The Labute approximate surface area is 126 Å². The topological polar surface area (TPSA) is 90.0 Å². The summed E-state index contributed by atoms with van der Waals surface area (Å²) < 4.78 is 28.6. The number of carboxylic acid groups (broad SMARTS) is 1. The van der Waals surface area contributed by atoms with E-state index in [1.165, 1.54) is 17.1 Å². The van der Waals surface area contributed by atoms with Gasteiger partial charge in [0.25, 0.3) is 10.2 Å². The molecule has 0 saturated carbocycles. The molecule has 2 saturated heterocycles. The minimum Gasteiger partial charge on any atom is -0.481 e. The molecular weight excluding hydrogens is 294 g/mol. The maximum absolute atomic E-state index is 12.3. The summed E-state index contributed by atoms with van der Waals surface area (Å²) in [5, 5.41) is 9.04. The highest BCUT2D eigenvalue weighted by molar-refractivity contribution is 7.87. The van der Waals surface area contributed by atoms with Crippen molar-refractivity contribution in [3.63, 3.8) is 0 Å². The first-order chi connectivity index (χ1) is 9.88. The summed E-state index contributed by atoms with van der Waals surface area (Å²) in [5.74, 6) is -1.51. The van der Waals surface area contributed by atoms with Gasteiger partial charge in [-0.1, -0.05) is 0 Å². The number of aliphatic carboxylic acids is 1. The first-order valence-electron chi connectivity index (χ1n) is 7.61. The van der Waals surface area contributed by atoms with Crippen LogP contribution in [0.5, 0.6) is 0 Å². The van der Waals surface area contributed by atoms with Crippen molar-refractivity contribution < 1.29 is 18.3 Å². The third-order valence-electron chi connectivity index (χ3n) is 4.15. The van der Waals surface area contributed by atoms with Crippen molar-refractivity contribution in [1.29, 1.82) is 0 Å². The highest BCUT2D eigenvalue weighted by Gasteiger charge is 2.33. The summed E-state index contributed by atoms with van der Waals surface area (Å²) in [4.78, 5) is 13.3. The summed E-state index contributed by atoms with van der Waals surface area (Å²) in [6.07, 6.45) is 3.49. The van der Waals surface area contributed by atoms with E-state index in [2.05, 4.69) is 9.62 Å². The first-order valence-corrected chi connectivity index (χ1v) is 9.05. The summed E-state index contributed by atoms with van der Waals surface area (Å²) >= 11 is 0. The predicted octanol–water partition coefficient (Wildman–Crippen LogP) is 0.102. The van der Waals surface area contributed by atoms with Gasteiger partial charge in [0.2, 0.25) is 0 Å². The molecule has 0 spiro atoms. The second-order valence-electron chi connectivity index (χ2n) is 6.07. The van der Waals surface area contributed by atoms with Gasteiger partial charge < -0.3 is 10.0 Å². The SMILES string of the molecule is CC(CN1CCCC1)NS(=O)(=O)N1CCCC(C(=O)O)C1. The third kappa shape index (κ3) is 4.64. The van der Waals surface area contributed by atoms with Crippen molar-refractivity contribution in [2.24, 2.45) is 5.92 Å². The zero-order valence-corrected chi connectivity index (χ0v) is 13.3. The quantitative estimate of drug-likeness (QED) is 0.725. The van der Waals surface area contributed by atoms with E-state index >= 15 is 0 Å². The van der Waals surface area contributed by atoms with Crippen LogP contribution in [-0.4, -0.2) is 67.5 Å². The zero-order chi connectivity index (χ0) is 15.5. The molecule has 0 aromatic rings. The number of nitrogens with one attached hydrogen (secondary N) is 1. The molecule has 2 aliphatic heterocycles. The summed E-state index contributed by atoms with van der Waals surface area (Å²) in [6.45, 7) is 5.08. The first kappa shape index (κ1) is 16.7. The Balaban J connectivity index is 1.89. The standard InChI is InChI=1S/C13H25N3O4S/c1-11(9-15-6-2-3-7-15)14-21(19,20)16-8-4-5-12(10-16)13(17)18/h11-12,14H,2-10H2,1H3,(H,17,18). The molecule has 122 valence electrons. The van der Waals surface area contributed by atoms with Gasteiger partial charge in [0, 0.05) is 25.7 Å². The van der Waals surface area contributed by atoms with Crippen molar-refractivity contribution in [2.75, 3.05) is 32.7 Å². The maximum Gasteiger partial charge on any atom is 0.307 e. The second-order valence-corrected chi connectivity index (χ2v) is 7.77. The van der Waals surface area contributed by atoms with Crippen LogP contribution in [0.3, 0.4) is 0 Å². The van der Waals surface area contributed by atoms with Gasteiger partial charge in [0.15, 0.2) is 0 Å². The fourth-order valence-electron chi connectivity index (χ4n) is 3.08. The van der Waals surface area contributed by atoms with Crippen LogP contribution in [0.4, 0.5) is 0 Å². The normalized spacial score (nSPS) is 26.8. The molecule has 0 aromatic heterocycles. The highest BCUT2D eigenvalue weighted by atomic mass is 32.2. The van der Waals surface area contributed by atoms with Crippen molar-refractivity contribution in [3.05, 3.63) is 0 Å². The van der Waals surface area contributed by atoms with E-state index in [1.807, 2.05) is 6.92 Å². The van der Waals surface area contributed by atoms with Gasteiger partial charge in [0.1, 0.15) is 0 Å². The predicted molar refractivity (Wildman–Crippen MR) is 79.1 cm³/mol. The molecule has 2 fully saturated rings. The van der Waals surface area contributed by atoms with Gasteiger partial charge >= 0.3 is 5.97 Å². The van der Waals surface area contributed by atoms with Gasteiger partial charge in [-0.2, -0.15) is 17.4 Å². The number of likely N-dealkylation sites (tertiary alicyclic amines) is 1. The molecule has 7 nitrogen and oxygen atoms in total. The number of carbonyl (C=O) groups is 1. The summed E-state index contributed by atoms with van der Waals surface area (Å²) in [7, 11) is -3.60. The van der Waals surface area contributed by atoms with E-state index < -0.39 is 22.1 Å². The lowest BCUT2D eigenvalue weighted by Crippen LogP contribution is -2.51. The van der Waals surface area contributed by atoms with Crippen molar-refractivity contribution in [3.8, 4) is 0 Å². The molecular formula is C13H25N3O4S.